The highest BCUT2D eigenvalue weighted by atomic mass is 19.1. The summed E-state index contributed by atoms with van der Waals surface area (Å²) in [7, 11) is 0. The Morgan fingerprint density at radius 3 is 2.80 bits per heavy atom. The second kappa shape index (κ2) is 6.48. The van der Waals surface area contributed by atoms with E-state index in [1.165, 1.54) is 18.5 Å². The minimum Gasteiger partial charge on any atom is -0.351 e. The molecule has 0 spiro atoms. The molecule has 2 heterocycles. The average Bonchev–Trinajstić information content (AvgIpc) is 3.12. The first-order valence-corrected chi connectivity index (χ1v) is 8.39. The van der Waals surface area contributed by atoms with E-state index in [1.54, 1.807) is 6.07 Å². The maximum Gasteiger partial charge on any atom is 0.140 e. The smallest absolute Gasteiger partial charge is 0.140 e. The van der Waals surface area contributed by atoms with Crippen molar-refractivity contribution < 1.29 is 4.39 Å². The summed E-state index contributed by atoms with van der Waals surface area (Å²) < 4.78 is 13.8. The van der Waals surface area contributed by atoms with E-state index in [2.05, 4.69) is 20.9 Å². The topological polar surface area (TPSA) is 52.8 Å². The largest absolute Gasteiger partial charge is 0.351 e. The molecule has 124 valence electrons. The summed E-state index contributed by atoms with van der Waals surface area (Å²) in [6.07, 6.45) is 3.40. The Balaban J connectivity index is 1.78. The monoisotopic (exact) mass is 332 g/mol. The third kappa shape index (κ3) is 2.80. The molecule has 1 aromatic heterocycles. The quantitative estimate of drug-likeness (QED) is 0.726. The lowest BCUT2D eigenvalue weighted by molar-refractivity contribution is 0.608. The van der Waals surface area contributed by atoms with Crippen molar-refractivity contribution in [1.29, 1.82) is 5.26 Å². The predicted molar refractivity (Wildman–Crippen MR) is 94.7 cm³/mol. The van der Waals surface area contributed by atoms with Crippen molar-refractivity contribution in [3.63, 3.8) is 0 Å². The molecule has 1 aliphatic heterocycles. The van der Waals surface area contributed by atoms with E-state index in [0.717, 1.165) is 24.9 Å². The highest BCUT2D eigenvalue weighted by molar-refractivity contribution is 5.89. The molecule has 25 heavy (non-hydrogen) atoms. The SMILES string of the molecule is N#CC(c1ccccc1)C1CCCN1c1ncnc2ccc(F)cc12. The zero-order valence-corrected chi connectivity index (χ0v) is 13.6. The number of fused-ring (bicyclic) bond motifs is 1. The van der Waals surface area contributed by atoms with Gasteiger partial charge in [0.2, 0.25) is 0 Å². The van der Waals surface area contributed by atoms with Crippen LogP contribution in [0.5, 0.6) is 0 Å². The Morgan fingerprint density at radius 2 is 2.00 bits per heavy atom. The molecule has 0 aliphatic carbocycles. The number of aromatic nitrogens is 2. The van der Waals surface area contributed by atoms with Gasteiger partial charge in [-0.05, 0) is 36.6 Å². The van der Waals surface area contributed by atoms with Crippen molar-refractivity contribution >= 4 is 16.7 Å². The van der Waals surface area contributed by atoms with Crippen molar-refractivity contribution in [2.24, 2.45) is 0 Å². The van der Waals surface area contributed by atoms with Crippen molar-refractivity contribution in [3.8, 4) is 6.07 Å². The number of halogens is 1. The van der Waals surface area contributed by atoms with Crippen LogP contribution in [0.4, 0.5) is 10.2 Å². The number of rotatable bonds is 3. The molecule has 5 heteroatoms. The van der Waals surface area contributed by atoms with E-state index in [4.69, 9.17) is 0 Å². The molecule has 4 nitrogen and oxygen atoms in total. The highest BCUT2D eigenvalue weighted by Gasteiger charge is 2.34. The Bertz CT molecular complexity index is 935. The molecule has 4 rings (SSSR count). The van der Waals surface area contributed by atoms with E-state index in [1.807, 2.05) is 30.3 Å². The summed E-state index contributed by atoms with van der Waals surface area (Å²) >= 11 is 0. The number of anilines is 1. The zero-order chi connectivity index (χ0) is 17.2. The van der Waals surface area contributed by atoms with Crippen molar-refractivity contribution in [3.05, 3.63) is 66.2 Å². The number of hydrogen-bond donors (Lipinski definition) is 0. The van der Waals surface area contributed by atoms with E-state index >= 15 is 0 Å². The minimum absolute atomic E-state index is 0.0220. The van der Waals surface area contributed by atoms with Gasteiger partial charge in [-0.25, -0.2) is 14.4 Å². The summed E-state index contributed by atoms with van der Waals surface area (Å²) in [5.74, 6) is 0.157. The van der Waals surface area contributed by atoms with Crippen LogP contribution >= 0.6 is 0 Å². The lowest BCUT2D eigenvalue weighted by Gasteiger charge is -2.30. The normalized spacial score (nSPS) is 18.2. The first-order valence-electron chi connectivity index (χ1n) is 8.39. The number of nitrogens with zero attached hydrogens (tertiary/aromatic N) is 4. The third-order valence-electron chi connectivity index (χ3n) is 4.83. The van der Waals surface area contributed by atoms with E-state index < -0.39 is 0 Å². The highest BCUT2D eigenvalue weighted by Crippen LogP contribution is 2.36. The molecule has 2 atom stereocenters. The van der Waals surface area contributed by atoms with Crippen LogP contribution in [0.1, 0.15) is 24.3 Å². The second-order valence-electron chi connectivity index (χ2n) is 6.28. The molecule has 0 bridgehead atoms. The van der Waals surface area contributed by atoms with E-state index in [9.17, 15) is 9.65 Å². The van der Waals surface area contributed by atoms with Crippen molar-refractivity contribution in [1.82, 2.24) is 9.97 Å². The number of nitriles is 1. The predicted octanol–water partition coefficient (Wildman–Crippen LogP) is 4.05. The Morgan fingerprint density at radius 1 is 1.16 bits per heavy atom. The standard InChI is InChI=1S/C20H17FN4/c21-15-8-9-18-16(11-15)20(24-13-23-18)25-10-4-7-19(25)17(12-22)14-5-2-1-3-6-14/h1-3,5-6,8-9,11,13,17,19H,4,7,10H2. The first-order chi connectivity index (χ1) is 12.3. The maximum absolute atomic E-state index is 13.8. The van der Waals surface area contributed by atoms with Crippen LogP contribution in [0.25, 0.3) is 10.9 Å². The molecule has 0 radical (unpaired) electrons. The molecule has 1 aliphatic rings. The fourth-order valence-electron chi connectivity index (χ4n) is 3.69. The Hall–Kier alpha value is -3.00. The van der Waals surface area contributed by atoms with Gasteiger partial charge in [0, 0.05) is 11.9 Å². The van der Waals surface area contributed by atoms with Gasteiger partial charge in [-0.15, -0.1) is 0 Å². The zero-order valence-electron chi connectivity index (χ0n) is 13.6. The van der Waals surface area contributed by atoms with Crippen LogP contribution in [0.3, 0.4) is 0 Å². The molecular weight excluding hydrogens is 315 g/mol. The summed E-state index contributed by atoms with van der Waals surface area (Å²) in [5.41, 5.74) is 1.72. The van der Waals surface area contributed by atoms with Gasteiger partial charge in [0.15, 0.2) is 0 Å². The van der Waals surface area contributed by atoms with Gasteiger partial charge in [-0.2, -0.15) is 5.26 Å². The lowest BCUT2D eigenvalue weighted by Crippen LogP contribution is -2.34. The summed E-state index contributed by atoms with van der Waals surface area (Å²) in [6.45, 7) is 0.804. The lowest BCUT2D eigenvalue weighted by atomic mass is 9.91. The van der Waals surface area contributed by atoms with Crippen molar-refractivity contribution in [2.45, 2.75) is 24.8 Å². The van der Waals surface area contributed by atoms with Gasteiger partial charge in [0.05, 0.1) is 23.5 Å². The van der Waals surface area contributed by atoms with Crippen LogP contribution in [0.2, 0.25) is 0 Å². The van der Waals surface area contributed by atoms with Gasteiger partial charge >= 0.3 is 0 Å². The molecule has 3 aromatic rings. The van der Waals surface area contributed by atoms with Crippen LogP contribution in [0, 0.1) is 17.1 Å². The van der Waals surface area contributed by atoms with E-state index in [-0.39, 0.29) is 17.8 Å². The average molecular weight is 332 g/mol. The summed E-state index contributed by atoms with van der Waals surface area (Å²) in [6, 6.07) is 16.9. The first kappa shape index (κ1) is 15.5. The van der Waals surface area contributed by atoms with E-state index in [0.29, 0.717) is 16.7 Å². The molecule has 1 saturated heterocycles. The van der Waals surface area contributed by atoms with Gasteiger partial charge in [-0.1, -0.05) is 30.3 Å². The molecule has 0 saturated carbocycles. The molecule has 1 fully saturated rings. The van der Waals surface area contributed by atoms with Gasteiger partial charge in [0.25, 0.3) is 0 Å². The molecule has 2 aromatic carbocycles. The third-order valence-corrected chi connectivity index (χ3v) is 4.83. The van der Waals surface area contributed by atoms with Gasteiger partial charge in [0.1, 0.15) is 18.0 Å². The number of hydrogen-bond acceptors (Lipinski definition) is 4. The molecular formula is C20H17FN4. The van der Waals surface area contributed by atoms with Crippen LogP contribution in [-0.4, -0.2) is 22.6 Å². The van der Waals surface area contributed by atoms with Crippen LogP contribution in [-0.2, 0) is 0 Å². The Kier molecular flexibility index (Phi) is 4.02. The molecule has 0 N–H and O–H groups in total. The van der Waals surface area contributed by atoms with Gasteiger partial charge in [-0.3, -0.25) is 0 Å². The molecule has 2 unspecified atom stereocenters. The number of benzene rings is 2. The fraction of sp³-hybridized carbons (Fsp3) is 0.250. The second-order valence-corrected chi connectivity index (χ2v) is 6.28. The Labute approximate surface area is 145 Å². The van der Waals surface area contributed by atoms with Crippen LogP contribution < -0.4 is 4.90 Å². The minimum atomic E-state index is -0.306. The molecule has 0 amide bonds. The van der Waals surface area contributed by atoms with Crippen LogP contribution in [0.15, 0.2) is 54.9 Å². The van der Waals surface area contributed by atoms with Gasteiger partial charge < -0.3 is 4.90 Å². The summed E-state index contributed by atoms with van der Waals surface area (Å²) in [5, 5.41) is 10.5. The fourth-order valence-corrected chi connectivity index (χ4v) is 3.69. The maximum atomic E-state index is 13.8. The summed E-state index contributed by atoms with van der Waals surface area (Å²) in [4.78, 5) is 10.8. The van der Waals surface area contributed by atoms with Crippen molar-refractivity contribution in [2.75, 3.05) is 11.4 Å².